The minimum atomic E-state index is -0.839. The average Bonchev–Trinajstić information content (AvgIpc) is 2.68. The highest BCUT2D eigenvalue weighted by molar-refractivity contribution is 6.05. The third kappa shape index (κ3) is 3.18. The highest BCUT2D eigenvalue weighted by atomic mass is 16.5. The summed E-state index contributed by atoms with van der Waals surface area (Å²) >= 11 is 0. The predicted molar refractivity (Wildman–Crippen MR) is 66.6 cm³/mol. The number of esters is 1. The molecular weight excluding hydrogens is 216 g/mol. The van der Waals surface area contributed by atoms with Crippen molar-refractivity contribution in [1.29, 1.82) is 0 Å². The fourth-order valence-electron chi connectivity index (χ4n) is 2.40. The van der Waals surface area contributed by atoms with Crippen molar-refractivity contribution in [3.63, 3.8) is 0 Å². The summed E-state index contributed by atoms with van der Waals surface area (Å²) in [4.78, 5) is 23.9. The van der Waals surface area contributed by atoms with Crippen LogP contribution in [-0.4, -0.2) is 18.4 Å². The smallest absolute Gasteiger partial charge is 0.319 e. The standard InChI is InChI=1S/C14H22O3/c1-3-5-6-7-10-14(13(16)17-4-2)11-8-9-12(14)15/h5-6H,3-4,7-11H2,1-2H3/b6-5-. The number of Topliss-reactive ketones (excluding diaryl/α,β-unsaturated/α-hetero) is 1. The molecule has 1 atom stereocenters. The summed E-state index contributed by atoms with van der Waals surface area (Å²) < 4.78 is 5.07. The molecule has 0 amide bonds. The summed E-state index contributed by atoms with van der Waals surface area (Å²) in [5.41, 5.74) is -0.839. The van der Waals surface area contributed by atoms with Gasteiger partial charge in [-0.15, -0.1) is 0 Å². The zero-order chi connectivity index (χ0) is 12.7. The SMILES string of the molecule is CC/C=C\CCC1(C(=O)OCC)CCCC1=O. The van der Waals surface area contributed by atoms with Crippen LogP contribution in [0, 0.1) is 5.41 Å². The van der Waals surface area contributed by atoms with E-state index in [1.807, 2.05) is 6.08 Å². The van der Waals surface area contributed by atoms with Crippen LogP contribution in [0.25, 0.3) is 0 Å². The zero-order valence-corrected chi connectivity index (χ0v) is 10.8. The van der Waals surface area contributed by atoms with Crippen LogP contribution in [0.4, 0.5) is 0 Å². The lowest BCUT2D eigenvalue weighted by Gasteiger charge is -2.24. The number of carbonyl (C=O) groups excluding carboxylic acids is 2. The first kappa shape index (κ1) is 13.9. The Morgan fingerprint density at radius 2 is 2.18 bits per heavy atom. The molecule has 17 heavy (non-hydrogen) atoms. The van der Waals surface area contributed by atoms with Crippen LogP contribution in [0.1, 0.15) is 52.4 Å². The summed E-state index contributed by atoms with van der Waals surface area (Å²) in [5, 5.41) is 0. The lowest BCUT2D eigenvalue weighted by Crippen LogP contribution is -2.36. The summed E-state index contributed by atoms with van der Waals surface area (Å²) in [6, 6.07) is 0. The van der Waals surface area contributed by atoms with Gasteiger partial charge in [0.05, 0.1) is 6.61 Å². The number of rotatable bonds is 6. The quantitative estimate of drug-likeness (QED) is 0.406. The maximum absolute atomic E-state index is 12.0. The van der Waals surface area contributed by atoms with E-state index in [0.717, 1.165) is 19.3 Å². The second kappa shape index (κ2) is 6.58. The Kier molecular flexibility index (Phi) is 5.39. The number of hydrogen-bond donors (Lipinski definition) is 0. The molecule has 1 aliphatic rings. The van der Waals surface area contributed by atoms with Crippen molar-refractivity contribution < 1.29 is 14.3 Å². The largest absolute Gasteiger partial charge is 0.465 e. The normalized spacial score (nSPS) is 24.5. The van der Waals surface area contributed by atoms with Crippen molar-refractivity contribution >= 4 is 11.8 Å². The van der Waals surface area contributed by atoms with Gasteiger partial charge >= 0.3 is 5.97 Å². The molecule has 0 saturated heterocycles. The number of ketones is 1. The van der Waals surface area contributed by atoms with E-state index in [2.05, 4.69) is 13.0 Å². The van der Waals surface area contributed by atoms with Gasteiger partial charge in [0, 0.05) is 6.42 Å². The third-order valence-electron chi connectivity index (χ3n) is 3.35. The highest BCUT2D eigenvalue weighted by Crippen LogP contribution is 2.40. The molecule has 0 aromatic rings. The fraction of sp³-hybridized carbons (Fsp3) is 0.714. The first-order valence-corrected chi connectivity index (χ1v) is 6.53. The van der Waals surface area contributed by atoms with Gasteiger partial charge in [0.1, 0.15) is 11.2 Å². The van der Waals surface area contributed by atoms with Gasteiger partial charge in [0.15, 0.2) is 0 Å². The Labute approximate surface area is 103 Å². The predicted octanol–water partition coefficient (Wildman–Crippen LogP) is 3.04. The van der Waals surface area contributed by atoms with Crippen LogP contribution in [0.5, 0.6) is 0 Å². The molecule has 3 nitrogen and oxygen atoms in total. The van der Waals surface area contributed by atoms with E-state index in [-0.39, 0.29) is 11.8 Å². The lowest BCUT2D eigenvalue weighted by molar-refractivity contribution is -0.159. The van der Waals surface area contributed by atoms with E-state index >= 15 is 0 Å². The molecule has 0 radical (unpaired) electrons. The minimum Gasteiger partial charge on any atom is -0.465 e. The maximum atomic E-state index is 12.0. The number of allylic oxidation sites excluding steroid dienone is 2. The Balaban J connectivity index is 2.69. The van der Waals surface area contributed by atoms with Crippen LogP contribution < -0.4 is 0 Å². The molecule has 1 unspecified atom stereocenters. The van der Waals surface area contributed by atoms with E-state index in [1.165, 1.54) is 0 Å². The molecule has 1 aliphatic carbocycles. The van der Waals surface area contributed by atoms with E-state index in [0.29, 0.717) is 25.9 Å². The number of hydrogen-bond acceptors (Lipinski definition) is 3. The Morgan fingerprint density at radius 1 is 1.41 bits per heavy atom. The molecule has 0 spiro atoms. The van der Waals surface area contributed by atoms with Gasteiger partial charge in [-0.1, -0.05) is 19.1 Å². The average molecular weight is 238 g/mol. The van der Waals surface area contributed by atoms with Crippen LogP contribution in [0.15, 0.2) is 12.2 Å². The molecular formula is C14H22O3. The molecule has 0 N–H and O–H groups in total. The fourth-order valence-corrected chi connectivity index (χ4v) is 2.40. The molecule has 1 rings (SSSR count). The van der Waals surface area contributed by atoms with Crippen molar-refractivity contribution in [2.75, 3.05) is 6.61 Å². The topological polar surface area (TPSA) is 43.4 Å². The molecule has 1 saturated carbocycles. The van der Waals surface area contributed by atoms with Crippen molar-refractivity contribution in [3.05, 3.63) is 12.2 Å². The second-order valence-corrected chi connectivity index (χ2v) is 4.50. The first-order chi connectivity index (χ1) is 8.17. The minimum absolute atomic E-state index is 0.0702. The molecule has 0 heterocycles. The molecule has 0 aromatic heterocycles. The van der Waals surface area contributed by atoms with Crippen molar-refractivity contribution in [1.82, 2.24) is 0 Å². The second-order valence-electron chi connectivity index (χ2n) is 4.50. The van der Waals surface area contributed by atoms with Crippen LogP contribution in [0.3, 0.4) is 0 Å². The van der Waals surface area contributed by atoms with E-state index in [4.69, 9.17) is 4.74 Å². The van der Waals surface area contributed by atoms with Gasteiger partial charge in [-0.2, -0.15) is 0 Å². The Hall–Kier alpha value is -1.12. The Bertz CT molecular complexity index is 307. The summed E-state index contributed by atoms with van der Waals surface area (Å²) in [7, 11) is 0. The first-order valence-electron chi connectivity index (χ1n) is 6.53. The molecule has 3 heteroatoms. The zero-order valence-electron chi connectivity index (χ0n) is 10.8. The molecule has 0 aromatic carbocycles. The van der Waals surface area contributed by atoms with Gasteiger partial charge in [0.2, 0.25) is 0 Å². The van der Waals surface area contributed by atoms with Crippen LogP contribution >= 0.6 is 0 Å². The summed E-state index contributed by atoms with van der Waals surface area (Å²) in [6.45, 7) is 4.19. The highest BCUT2D eigenvalue weighted by Gasteiger charge is 2.48. The number of carbonyl (C=O) groups is 2. The number of ether oxygens (including phenoxy) is 1. The maximum Gasteiger partial charge on any atom is 0.319 e. The monoisotopic (exact) mass is 238 g/mol. The lowest BCUT2D eigenvalue weighted by atomic mass is 9.80. The van der Waals surface area contributed by atoms with Crippen LogP contribution in [0.2, 0.25) is 0 Å². The molecule has 0 aliphatic heterocycles. The van der Waals surface area contributed by atoms with E-state index < -0.39 is 5.41 Å². The van der Waals surface area contributed by atoms with E-state index in [1.54, 1.807) is 6.92 Å². The van der Waals surface area contributed by atoms with Gasteiger partial charge in [0.25, 0.3) is 0 Å². The van der Waals surface area contributed by atoms with E-state index in [9.17, 15) is 9.59 Å². The van der Waals surface area contributed by atoms with Crippen molar-refractivity contribution in [3.8, 4) is 0 Å². The third-order valence-corrected chi connectivity index (χ3v) is 3.35. The van der Waals surface area contributed by atoms with Crippen molar-refractivity contribution in [2.45, 2.75) is 52.4 Å². The van der Waals surface area contributed by atoms with Crippen molar-refractivity contribution in [2.24, 2.45) is 5.41 Å². The summed E-state index contributed by atoms with van der Waals surface area (Å²) in [5.74, 6) is -0.242. The van der Waals surface area contributed by atoms with Crippen LogP contribution in [-0.2, 0) is 14.3 Å². The van der Waals surface area contributed by atoms with Gasteiger partial charge in [-0.25, -0.2) is 0 Å². The van der Waals surface area contributed by atoms with Gasteiger partial charge < -0.3 is 4.74 Å². The van der Waals surface area contributed by atoms with Gasteiger partial charge in [-0.05, 0) is 39.0 Å². The molecule has 1 fully saturated rings. The molecule has 96 valence electrons. The summed E-state index contributed by atoms with van der Waals surface area (Å²) in [6.07, 6.45) is 8.47. The Morgan fingerprint density at radius 3 is 2.71 bits per heavy atom. The van der Waals surface area contributed by atoms with Gasteiger partial charge in [-0.3, -0.25) is 9.59 Å². The molecule has 0 bridgehead atoms.